The van der Waals surface area contributed by atoms with Gasteiger partial charge in [-0.25, -0.2) is 0 Å². The number of hydrogen-bond donors (Lipinski definition) is 1. The first-order valence-electron chi connectivity index (χ1n) is 9.86. The first kappa shape index (κ1) is 16.2. The van der Waals surface area contributed by atoms with Crippen LogP contribution in [0.1, 0.15) is 52.9 Å². The van der Waals surface area contributed by atoms with Crippen molar-refractivity contribution in [3.05, 3.63) is 12.2 Å². The van der Waals surface area contributed by atoms with Gasteiger partial charge in [0, 0.05) is 5.92 Å². The monoisotopic (exact) mass is 344 g/mol. The van der Waals surface area contributed by atoms with Gasteiger partial charge in [0.25, 0.3) is 0 Å². The van der Waals surface area contributed by atoms with E-state index >= 15 is 0 Å². The summed E-state index contributed by atoms with van der Waals surface area (Å²) in [6.07, 6.45) is 7.49. The molecule has 0 bridgehead atoms. The molecule has 5 aliphatic rings. The third-order valence-corrected chi connectivity index (χ3v) is 9.11. The lowest BCUT2D eigenvalue weighted by Gasteiger charge is -2.57. The quantitative estimate of drug-likeness (QED) is 0.743. The molecule has 0 radical (unpaired) electrons. The predicted molar refractivity (Wildman–Crippen MR) is 91.7 cm³/mol. The molecule has 9 atom stereocenters. The molecule has 5 rings (SSSR count). The van der Waals surface area contributed by atoms with Gasteiger partial charge in [-0.3, -0.25) is 9.59 Å². The second kappa shape index (κ2) is 4.64. The largest absolute Gasteiger partial charge is 0.386 e. The Balaban J connectivity index is 1.56. The minimum atomic E-state index is -0.688. The molecule has 0 aromatic rings. The van der Waals surface area contributed by atoms with Gasteiger partial charge in [-0.2, -0.15) is 0 Å². The highest BCUT2D eigenvalue weighted by Crippen LogP contribution is 2.72. The van der Waals surface area contributed by atoms with Crippen molar-refractivity contribution in [2.75, 3.05) is 0 Å². The number of carbonyl (C=O) groups is 2. The van der Waals surface area contributed by atoms with Crippen LogP contribution in [-0.4, -0.2) is 34.5 Å². The number of hydrogen-bond acceptors (Lipinski definition) is 4. The van der Waals surface area contributed by atoms with Crippen LogP contribution in [0.15, 0.2) is 12.2 Å². The van der Waals surface area contributed by atoms with Crippen LogP contribution in [0, 0.1) is 34.5 Å². The number of ketones is 2. The summed E-state index contributed by atoms with van der Waals surface area (Å²) in [6, 6.07) is 0. The molecule has 0 aromatic carbocycles. The first-order valence-corrected chi connectivity index (χ1v) is 9.86. The number of allylic oxidation sites excluding steroid dienone is 1. The van der Waals surface area contributed by atoms with Gasteiger partial charge >= 0.3 is 0 Å². The number of epoxide rings is 1. The van der Waals surface area contributed by atoms with Crippen LogP contribution in [0.25, 0.3) is 0 Å². The number of carbonyl (C=O) groups excluding carboxylic acids is 2. The Morgan fingerprint density at radius 2 is 2.00 bits per heavy atom. The summed E-state index contributed by atoms with van der Waals surface area (Å²) in [5.41, 5.74) is -1.23. The molecule has 0 aromatic heterocycles. The van der Waals surface area contributed by atoms with Crippen molar-refractivity contribution in [3.8, 4) is 0 Å². The molecule has 1 N–H and O–H groups in total. The summed E-state index contributed by atoms with van der Waals surface area (Å²) in [4.78, 5) is 25.2. The lowest BCUT2D eigenvalue weighted by Crippen LogP contribution is -2.63. The second-order valence-electron chi connectivity index (χ2n) is 9.67. The maximum Gasteiger partial charge on any atom is 0.164 e. The van der Waals surface area contributed by atoms with Gasteiger partial charge in [0.15, 0.2) is 5.78 Å². The SMILES string of the molecule is CC(=O)[C@H]1CC[C@H]2[C@@H]3C[C@H]4O[C@]45[C@@H](O)C=CC(=O)[C@]5(C)[C@H]3CC[C@]12C. The highest BCUT2D eigenvalue weighted by atomic mass is 16.6. The van der Waals surface area contributed by atoms with Crippen molar-refractivity contribution >= 4 is 11.6 Å². The van der Waals surface area contributed by atoms with Crippen LogP contribution in [-0.2, 0) is 14.3 Å². The zero-order chi connectivity index (χ0) is 17.8. The second-order valence-corrected chi connectivity index (χ2v) is 9.67. The topological polar surface area (TPSA) is 66.9 Å². The molecule has 1 heterocycles. The van der Waals surface area contributed by atoms with Crippen LogP contribution in [0.5, 0.6) is 0 Å². The van der Waals surface area contributed by atoms with Crippen molar-refractivity contribution in [2.24, 2.45) is 34.5 Å². The standard InChI is InChI=1S/C21H28O4/c1-11(22)13-4-5-14-12-10-18-21(25-18)17(24)7-6-16(23)20(21,3)15(12)8-9-19(13,14)2/h6-7,12-15,17-18,24H,4-5,8-10H2,1-3H3/t12-,13+,14-,15-,17-,18+,19+,20-,21+/m0/s1. The van der Waals surface area contributed by atoms with Crippen LogP contribution < -0.4 is 0 Å². The highest BCUT2D eigenvalue weighted by Gasteiger charge is 2.80. The van der Waals surface area contributed by atoms with E-state index in [1.165, 1.54) is 0 Å². The number of aliphatic hydroxyl groups excluding tert-OH is 1. The summed E-state index contributed by atoms with van der Waals surface area (Å²) in [5.74, 6) is 1.80. The van der Waals surface area contributed by atoms with Crippen LogP contribution in [0.2, 0.25) is 0 Å². The van der Waals surface area contributed by atoms with Crippen LogP contribution in [0.3, 0.4) is 0 Å². The van der Waals surface area contributed by atoms with Crippen molar-refractivity contribution in [3.63, 3.8) is 0 Å². The minimum absolute atomic E-state index is 0.0126. The maximum absolute atomic E-state index is 13.0. The first-order chi connectivity index (χ1) is 11.8. The Morgan fingerprint density at radius 3 is 2.72 bits per heavy atom. The molecule has 136 valence electrons. The molecule has 4 heteroatoms. The van der Waals surface area contributed by atoms with E-state index in [1.54, 1.807) is 19.1 Å². The van der Waals surface area contributed by atoms with Crippen LogP contribution in [0.4, 0.5) is 0 Å². The Kier molecular flexibility index (Phi) is 3.00. The van der Waals surface area contributed by atoms with Gasteiger partial charge < -0.3 is 9.84 Å². The molecule has 1 aliphatic heterocycles. The number of rotatable bonds is 1. The Morgan fingerprint density at radius 1 is 1.24 bits per heavy atom. The van der Waals surface area contributed by atoms with E-state index in [0.29, 0.717) is 17.6 Å². The minimum Gasteiger partial charge on any atom is -0.386 e. The van der Waals surface area contributed by atoms with Gasteiger partial charge in [0.05, 0.1) is 11.5 Å². The molecule has 4 nitrogen and oxygen atoms in total. The molecule has 0 unspecified atom stereocenters. The fourth-order valence-electron chi connectivity index (χ4n) is 7.86. The third kappa shape index (κ3) is 1.63. The highest BCUT2D eigenvalue weighted by molar-refractivity contribution is 5.98. The van der Waals surface area contributed by atoms with E-state index in [2.05, 4.69) is 6.92 Å². The average Bonchev–Trinajstić information content (AvgIpc) is 3.18. The smallest absolute Gasteiger partial charge is 0.164 e. The van der Waals surface area contributed by atoms with Crippen molar-refractivity contribution in [2.45, 2.75) is 70.7 Å². The number of aliphatic hydroxyl groups is 1. The van der Waals surface area contributed by atoms with Crippen molar-refractivity contribution in [1.82, 2.24) is 0 Å². The van der Waals surface area contributed by atoms with Gasteiger partial charge in [0.2, 0.25) is 0 Å². The van der Waals surface area contributed by atoms with E-state index in [-0.39, 0.29) is 29.1 Å². The Bertz CT molecular complexity index is 698. The Labute approximate surface area is 149 Å². The summed E-state index contributed by atoms with van der Waals surface area (Å²) < 4.78 is 6.11. The fourth-order valence-corrected chi connectivity index (χ4v) is 7.86. The van der Waals surface area contributed by atoms with Gasteiger partial charge in [-0.05, 0) is 81.3 Å². The van der Waals surface area contributed by atoms with E-state index in [0.717, 1.165) is 32.1 Å². The Hall–Kier alpha value is -1.00. The molecule has 4 aliphatic carbocycles. The average molecular weight is 344 g/mol. The molecule has 1 saturated heterocycles. The molecule has 0 amide bonds. The molecule has 25 heavy (non-hydrogen) atoms. The van der Waals surface area contributed by atoms with Gasteiger partial charge in [0.1, 0.15) is 17.5 Å². The third-order valence-electron chi connectivity index (χ3n) is 9.11. The van der Waals surface area contributed by atoms with E-state index in [1.807, 2.05) is 6.92 Å². The van der Waals surface area contributed by atoms with Crippen molar-refractivity contribution < 1.29 is 19.4 Å². The fraction of sp³-hybridized carbons (Fsp3) is 0.810. The summed E-state index contributed by atoms with van der Waals surface area (Å²) >= 11 is 0. The normalized spacial score (nSPS) is 58.8. The number of fused-ring (bicyclic) bond motifs is 4. The summed E-state index contributed by atoms with van der Waals surface area (Å²) in [6.45, 7) is 6.09. The molecule has 3 saturated carbocycles. The van der Waals surface area contributed by atoms with E-state index < -0.39 is 17.1 Å². The van der Waals surface area contributed by atoms with Gasteiger partial charge in [-0.1, -0.05) is 6.92 Å². The molecular weight excluding hydrogens is 316 g/mol. The maximum atomic E-state index is 13.0. The lowest BCUT2D eigenvalue weighted by molar-refractivity contribution is -0.151. The zero-order valence-corrected chi connectivity index (χ0v) is 15.3. The van der Waals surface area contributed by atoms with Crippen molar-refractivity contribution in [1.29, 1.82) is 0 Å². The zero-order valence-electron chi connectivity index (χ0n) is 15.3. The predicted octanol–water partition coefficient (Wildman–Crippen LogP) is 2.68. The lowest BCUT2D eigenvalue weighted by atomic mass is 9.44. The van der Waals surface area contributed by atoms with Gasteiger partial charge in [-0.15, -0.1) is 0 Å². The summed E-state index contributed by atoms with van der Waals surface area (Å²) in [5, 5.41) is 10.6. The van der Waals surface area contributed by atoms with Crippen LogP contribution >= 0.6 is 0 Å². The summed E-state index contributed by atoms with van der Waals surface area (Å²) in [7, 11) is 0. The van der Waals surface area contributed by atoms with E-state index in [4.69, 9.17) is 4.74 Å². The number of Topliss-reactive ketones (excluding diaryl/α,β-unsaturated/α-hetero) is 1. The molecule has 1 spiro atoms. The molecular formula is C21H28O4. The molecule has 4 fully saturated rings. The van der Waals surface area contributed by atoms with E-state index in [9.17, 15) is 14.7 Å². The number of ether oxygens (including phenoxy) is 1.